The van der Waals surface area contributed by atoms with E-state index in [1.165, 1.54) is 6.07 Å². The third kappa shape index (κ3) is 2.60. The van der Waals surface area contributed by atoms with Crippen LogP contribution in [0.5, 0.6) is 5.75 Å². The van der Waals surface area contributed by atoms with Gasteiger partial charge in [0, 0.05) is 16.2 Å². The van der Waals surface area contributed by atoms with Gasteiger partial charge in [-0.1, -0.05) is 42.5 Å². The fraction of sp³-hybridized carbons (Fsp3) is 0.0625. The zero-order valence-electron chi connectivity index (χ0n) is 11.2. The van der Waals surface area contributed by atoms with Gasteiger partial charge in [0.1, 0.15) is 0 Å². The standard InChI is InChI=1S/C16H12O4S/c1-21(18,19)20-15-8-4-7-14-13(15)10-9-11-5-2-3-6-12(11)16(14)17/h2-10H,1H3. The van der Waals surface area contributed by atoms with E-state index < -0.39 is 10.1 Å². The molecule has 0 aliphatic carbocycles. The van der Waals surface area contributed by atoms with Gasteiger partial charge in [0.15, 0.2) is 11.2 Å². The molecule has 0 saturated heterocycles. The fourth-order valence-electron chi connectivity index (χ4n) is 2.32. The van der Waals surface area contributed by atoms with E-state index in [0.717, 1.165) is 11.6 Å². The summed E-state index contributed by atoms with van der Waals surface area (Å²) in [4.78, 5) is 12.6. The van der Waals surface area contributed by atoms with Crippen molar-refractivity contribution >= 4 is 31.7 Å². The number of hydrogen-bond acceptors (Lipinski definition) is 4. The first-order chi connectivity index (χ1) is 9.96. The molecule has 4 nitrogen and oxygen atoms in total. The molecule has 3 aromatic rings. The summed E-state index contributed by atoms with van der Waals surface area (Å²) in [7, 11) is -3.65. The molecule has 21 heavy (non-hydrogen) atoms. The highest BCUT2D eigenvalue weighted by Crippen LogP contribution is 2.25. The van der Waals surface area contributed by atoms with Crippen LogP contribution in [0, 0.1) is 0 Å². The Hall–Kier alpha value is -2.40. The summed E-state index contributed by atoms with van der Waals surface area (Å²) in [5.74, 6) is 0.160. The molecule has 3 aromatic carbocycles. The third-order valence-electron chi connectivity index (χ3n) is 3.19. The lowest BCUT2D eigenvalue weighted by molar-refractivity contribution is 0.496. The fourth-order valence-corrected chi connectivity index (χ4v) is 2.79. The Morgan fingerprint density at radius 2 is 1.52 bits per heavy atom. The maximum atomic E-state index is 12.6. The van der Waals surface area contributed by atoms with Crippen LogP contribution in [0.3, 0.4) is 0 Å². The van der Waals surface area contributed by atoms with Crippen LogP contribution in [0.15, 0.2) is 59.4 Å². The average Bonchev–Trinajstić information content (AvgIpc) is 2.57. The molecule has 0 spiro atoms. The molecule has 0 atom stereocenters. The number of fused-ring (bicyclic) bond motifs is 2. The molecule has 0 N–H and O–H groups in total. The normalized spacial score (nSPS) is 11.7. The van der Waals surface area contributed by atoms with E-state index in [1.807, 2.05) is 12.1 Å². The molecule has 0 radical (unpaired) electrons. The van der Waals surface area contributed by atoms with E-state index in [9.17, 15) is 13.2 Å². The van der Waals surface area contributed by atoms with Crippen LogP contribution in [-0.4, -0.2) is 14.7 Å². The van der Waals surface area contributed by atoms with Crippen molar-refractivity contribution in [2.45, 2.75) is 0 Å². The summed E-state index contributed by atoms with van der Waals surface area (Å²) in [5.41, 5.74) is -0.149. The summed E-state index contributed by atoms with van der Waals surface area (Å²) in [6, 6.07) is 15.5. The van der Waals surface area contributed by atoms with Crippen LogP contribution >= 0.6 is 0 Å². The second kappa shape index (κ2) is 4.86. The molecule has 0 saturated carbocycles. The topological polar surface area (TPSA) is 60.4 Å². The maximum absolute atomic E-state index is 12.6. The first kappa shape index (κ1) is 13.6. The highest BCUT2D eigenvalue weighted by molar-refractivity contribution is 7.86. The minimum Gasteiger partial charge on any atom is -0.382 e. The smallest absolute Gasteiger partial charge is 0.306 e. The van der Waals surface area contributed by atoms with Crippen molar-refractivity contribution in [2.24, 2.45) is 0 Å². The molecule has 3 rings (SSSR count). The Balaban J connectivity index is 2.46. The quantitative estimate of drug-likeness (QED) is 0.683. The van der Waals surface area contributed by atoms with Gasteiger partial charge >= 0.3 is 10.1 Å². The van der Waals surface area contributed by atoms with E-state index in [4.69, 9.17) is 4.18 Å². The third-order valence-corrected chi connectivity index (χ3v) is 3.67. The molecule has 5 heteroatoms. The van der Waals surface area contributed by atoms with Gasteiger partial charge in [-0.15, -0.1) is 0 Å². The largest absolute Gasteiger partial charge is 0.382 e. The highest BCUT2D eigenvalue weighted by atomic mass is 32.2. The summed E-state index contributed by atoms with van der Waals surface area (Å²) in [6.07, 6.45) is 0.976. The summed E-state index contributed by atoms with van der Waals surface area (Å²) in [5, 5.41) is 2.29. The monoisotopic (exact) mass is 300 g/mol. The lowest BCUT2D eigenvalue weighted by Crippen LogP contribution is -2.06. The first-order valence-electron chi connectivity index (χ1n) is 6.30. The van der Waals surface area contributed by atoms with Crippen LogP contribution in [-0.2, 0) is 10.1 Å². The van der Waals surface area contributed by atoms with Gasteiger partial charge in [-0.3, -0.25) is 4.79 Å². The van der Waals surface area contributed by atoms with E-state index in [1.54, 1.807) is 36.4 Å². The Morgan fingerprint density at radius 1 is 0.810 bits per heavy atom. The zero-order valence-corrected chi connectivity index (χ0v) is 12.1. The van der Waals surface area contributed by atoms with E-state index in [2.05, 4.69) is 0 Å². The molecule has 0 aliphatic heterocycles. The first-order valence-corrected chi connectivity index (χ1v) is 8.12. The Bertz CT molecular complexity index is 1010. The number of benzene rings is 2. The van der Waals surface area contributed by atoms with E-state index >= 15 is 0 Å². The highest BCUT2D eigenvalue weighted by Gasteiger charge is 2.10. The summed E-state index contributed by atoms with van der Waals surface area (Å²) >= 11 is 0. The van der Waals surface area contributed by atoms with Gasteiger partial charge in [-0.25, -0.2) is 0 Å². The lowest BCUT2D eigenvalue weighted by Gasteiger charge is -2.04. The molecule has 0 heterocycles. The van der Waals surface area contributed by atoms with Crippen molar-refractivity contribution in [2.75, 3.05) is 6.26 Å². The van der Waals surface area contributed by atoms with Gasteiger partial charge in [0.05, 0.1) is 6.26 Å². The lowest BCUT2D eigenvalue weighted by atomic mass is 10.1. The van der Waals surface area contributed by atoms with Crippen LogP contribution in [0.25, 0.3) is 21.5 Å². The number of rotatable bonds is 2. The van der Waals surface area contributed by atoms with Gasteiger partial charge in [-0.2, -0.15) is 8.42 Å². The van der Waals surface area contributed by atoms with Crippen molar-refractivity contribution in [1.29, 1.82) is 0 Å². The zero-order chi connectivity index (χ0) is 15.0. The van der Waals surface area contributed by atoms with Crippen LogP contribution < -0.4 is 9.61 Å². The van der Waals surface area contributed by atoms with Crippen LogP contribution in [0.2, 0.25) is 0 Å². The molecule has 106 valence electrons. The molecule has 0 bridgehead atoms. The van der Waals surface area contributed by atoms with Crippen molar-refractivity contribution < 1.29 is 12.6 Å². The second-order valence-corrected chi connectivity index (χ2v) is 6.33. The SMILES string of the molecule is CS(=O)(=O)Oc1cccc2c(=O)c3ccccc3ccc12. The van der Waals surface area contributed by atoms with Crippen molar-refractivity contribution in [3.63, 3.8) is 0 Å². The van der Waals surface area contributed by atoms with Gasteiger partial charge in [0.25, 0.3) is 0 Å². The average molecular weight is 300 g/mol. The van der Waals surface area contributed by atoms with Gasteiger partial charge < -0.3 is 4.18 Å². The number of hydrogen-bond donors (Lipinski definition) is 0. The van der Waals surface area contributed by atoms with E-state index in [-0.39, 0.29) is 11.2 Å². The minimum absolute atomic E-state index is 0.149. The summed E-state index contributed by atoms with van der Waals surface area (Å²) in [6.45, 7) is 0. The van der Waals surface area contributed by atoms with Crippen molar-refractivity contribution in [3.05, 3.63) is 64.8 Å². The van der Waals surface area contributed by atoms with Gasteiger partial charge in [0.2, 0.25) is 0 Å². The molecule has 0 unspecified atom stereocenters. The van der Waals surface area contributed by atoms with Crippen LogP contribution in [0.1, 0.15) is 0 Å². The molecule has 0 amide bonds. The Labute approximate surface area is 121 Å². The molecular formula is C16H12O4S. The molecule has 0 aromatic heterocycles. The molecule has 0 aliphatic rings. The Kier molecular flexibility index (Phi) is 3.14. The van der Waals surface area contributed by atoms with Crippen molar-refractivity contribution in [1.82, 2.24) is 0 Å². The Morgan fingerprint density at radius 3 is 2.29 bits per heavy atom. The summed E-state index contributed by atoms with van der Waals surface area (Å²) < 4.78 is 27.7. The second-order valence-electron chi connectivity index (χ2n) is 4.75. The van der Waals surface area contributed by atoms with E-state index in [0.29, 0.717) is 16.2 Å². The maximum Gasteiger partial charge on any atom is 0.306 e. The molecular weight excluding hydrogens is 288 g/mol. The van der Waals surface area contributed by atoms with Crippen molar-refractivity contribution in [3.8, 4) is 5.75 Å². The minimum atomic E-state index is -3.65. The van der Waals surface area contributed by atoms with Crippen LogP contribution in [0.4, 0.5) is 0 Å². The molecule has 0 fully saturated rings. The predicted octanol–water partition coefficient (Wildman–Crippen LogP) is 2.69. The predicted molar refractivity (Wildman–Crippen MR) is 83.2 cm³/mol. The van der Waals surface area contributed by atoms with Gasteiger partial charge in [-0.05, 0) is 17.5 Å².